The molecular weight excluding hydrogens is 372 g/mol. The summed E-state index contributed by atoms with van der Waals surface area (Å²) in [5.74, 6) is -1.06. The van der Waals surface area contributed by atoms with E-state index < -0.39 is 5.91 Å². The van der Waals surface area contributed by atoms with Crippen molar-refractivity contribution in [2.24, 2.45) is 0 Å². The number of carbonyl (C=O) groups excluding carboxylic acids is 3. The molecule has 9 nitrogen and oxygen atoms in total. The van der Waals surface area contributed by atoms with E-state index in [4.69, 9.17) is 11.6 Å². The molecule has 0 radical (unpaired) electrons. The van der Waals surface area contributed by atoms with E-state index in [1.165, 1.54) is 27.9 Å². The Morgan fingerprint density at radius 1 is 1.22 bits per heavy atom. The minimum absolute atomic E-state index is 0.0152. The van der Waals surface area contributed by atoms with Gasteiger partial charge in [-0.3, -0.25) is 14.4 Å². The minimum atomic E-state index is -0.564. The van der Waals surface area contributed by atoms with Crippen molar-refractivity contribution in [1.82, 2.24) is 25.2 Å². The van der Waals surface area contributed by atoms with Gasteiger partial charge in [-0.2, -0.15) is 0 Å². The lowest BCUT2D eigenvalue weighted by molar-refractivity contribution is -0.129. The number of anilines is 1. The fourth-order valence-corrected chi connectivity index (χ4v) is 2.27. The Morgan fingerprint density at radius 3 is 2.63 bits per heavy atom. The molecule has 1 aromatic carbocycles. The van der Waals surface area contributed by atoms with Gasteiger partial charge < -0.3 is 15.5 Å². The number of hydrogen-bond acceptors (Lipinski definition) is 5. The van der Waals surface area contributed by atoms with Crippen LogP contribution in [0.4, 0.5) is 5.69 Å². The molecule has 0 fully saturated rings. The average Bonchev–Trinajstić information content (AvgIpc) is 3.08. The molecule has 144 valence electrons. The molecule has 2 N–H and O–H groups in total. The van der Waals surface area contributed by atoms with Crippen molar-refractivity contribution in [2.75, 3.05) is 26.0 Å². The van der Waals surface area contributed by atoms with E-state index in [9.17, 15) is 14.4 Å². The number of aromatic nitrogens is 3. The van der Waals surface area contributed by atoms with Crippen LogP contribution in [0.15, 0.2) is 24.4 Å². The van der Waals surface area contributed by atoms with Crippen LogP contribution in [0, 0.1) is 0 Å². The van der Waals surface area contributed by atoms with E-state index >= 15 is 0 Å². The number of nitrogens with zero attached hydrogens (tertiary/aromatic N) is 4. The number of halogens is 1. The smallest absolute Gasteiger partial charge is 0.277 e. The van der Waals surface area contributed by atoms with Crippen LogP contribution in [0.25, 0.3) is 0 Å². The molecule has 0 saturated heterocycles. The first kappa shape index (κ1) is 20.4. The third kappa shape index (κ3) is 5.52. The molecule has 1 heterocycles. The summed E-state index contributed by atoms with van der Waals surface area (Å²) >= 11 is 5.99. The number of carbonyl (C=O) groups is 3. The highest BCUT2D eigenvalue weighted by molar-refractivity contribution is 6.31. The number of benzene rings is 1. The Bertz CT molecular complexity index is 849. The van der Waals surface area contributed by atoms with E-state index in [0.29, 0.717) is 11.6 Å². The highest BCUT2D eigenvalue weighted by atomic mass is 35.5. The maximum Gasteiger partial charge on any atom is 0.277 e. The summed E-state index contributed by atoms with van der Waals surface area (Å²) in [6.45, 7) is 2.42. The molecule has 2 aromatic rings. The summed E-state index contributed by atoms with van der Waals surface area (Å²) in [4.78, 5) is 37.8. The summed E-state index contributed by atoms with van der Waals surface area (Å²) < 4.78 is 1.27. The van der Waals surface area contributed by atoms with Crippen LogP contribution in [-0.4, -0.2) is 58.3 Å². The molecule has 0 unspecified atom stereocenters. The number of amides is 3. The fraction of sp³-hybridized carbons (Fsp3) is 0.353. The lowest BCUT2D eigenvalue weighted by Gasteiger charge is -2.11. The summed E-state index contributed by atoms with van der Waals surface area (Å²) in [5.41, 5.74) is 0.567. The number of hydrogen-bond donors (Lipinski definition) is 2. The Morgan fingerprint density at radius 2 is 1.96 bits per heavy atom. The van der Waals surface area contributed by atoms with Crippen molar-refractivity contribution in [1.29, 1.82) is 0 Å². The van der Waals surface area contributed by atoms with E-state index in [-0.39, 0.29) is 35.3 Å². The second-order valence-corrected chi connectivity index (χ2v) is 6.43. The van der Waals surface area contributed by atoms with Crippen LogP contribution in [-0.2, 0) is 11.3 Å². The summed E-state index contributed by atoms with van der Waals surface area (Å²) in [7, 11) is 3.24. The van der Waals surface area contributed by atoms with Gasteiger partial charge in [-0.25, -0.2) is 4.68 Å². The predicted octanol–water partition coefficient (Wildman–Crippen LogP) is 1.41. The van der Waals surface area contributed by atoms with Crippen LogP contribution in [0.5, 0.6) is 0 Å². The molecule has 0 aliphatic rings. The molecule has 27 heavy (non-hydrogen) atoms. The second kappa shape index (κ2) is 9.13. The number of nitrogens with one attached hydrogen (secondary N) is 2. The predicted molar refractivity (Wildman–Crippen MR) is 101 cm³/mol. The topological polar surface area (TPSA) is 109 Å². The summed E-state index contributed by atoms with van der Waals surface area (Å²) in [6.07, 6.45) is 2.15. The van der Waals surface area contributed by atoms with Gasteiger partial charge in [0, 0.05) is 25.7 Å². The Labute approximate surface area is 161 Å². The molecule has 10 heteroatoms. The maximum atomic E-state index is 12.5. The first-order chi connectivity index (χ1) is 12.8. The van der Waals surface area contributed by atoms with Crippen molar-refractivity contribution in [3.05, 3.63) is 40.7 Å². The Balaban J connectivity index is 2.16. The Kier molecular flexibility index (Phi) is 6.89. The SMILES string of the molecule is CCCNC(=O)c1ccc(Cl)cc1NC(=O)c1cn(CC(=O)N(C)C)nn1. The molecule has 0 atom stereocenters. The van der Waals surface area contributed by atoms with Crippen LogP contribution >= 0.6 is 11.6 Å². The quantitative estimate of drug-likeness (QED) is 0.740. The minimum Gasteiger partial charge on any atom is -0.352 e. The van der Waals surface area contributed by atoms with E-state index in [1.807, 2.05) is 6.92 Å². The zero-order valence-electron chi connectivity index (χ0n) is 15.3. The lowest BCUT2D eigenvalue weighted by Crippen LogP contribution is -2.26. The van der Waals surface area contributed by atoms with E-state index in [0.717, 1.165) is 6.42 Å². The number of likely N-dealkylation sites (N-methyl/N-ethyl adjacent to an activating group) is 1. The van der Waals surface area contributed by atoms with Gasteiger partial charge in [-0.05, 0) is 24.6 Å². The zero-order valence-corrected chi connectivity index (χ0v) is 16.1. The molecule has 1 aromatic heterocycles. The normalized spacial score (nSPS) is 10.4. The first-order valence-corrected chi connectivity index (χ1v) is 8.69. The van der Waals surface area contributed by atoms with Gasteiger partial charge in [0.2, 0.25) is 5.91 Å². The zero-order chi connectivity index (χ0) is 20.0. The molecule has 2 rings (SSSR count). The van der Waals surface area contributed by atoms with Crippen molar-refractivity contribution < 1.29 is 14.4 Å². The van der Waals surface area contributed by atoms with Crippen molar-refractivity contribution in [3.8, 4) is 0 Å². The van der Waals surface area contributed by atoms with Gasteiger partial charge >= 0.3 is 0 Å². The maximum absolute atomic E-state index is 12.5. The van der Waals surface area contributed by atoms with Gasteiger partial charge in [0.25, 0.3) is 11.8 Å². The largest absolute Gasteiger partial charge is 0.352 e. The van der Waals surface area contributed by atoms with Crippen LogP contribution in [0.2, 0.25) is 5.02 Å². The summed E-state index contributed by atoms with van der Waals surface area (Å²) in [6, 6.07) is 4.59. The molecular formula is C17H21ClN6O3. The molecule has 0 aliphatic heterocycles. The molecule has 0 bridgehead atoms. The second-order valence-electron chi connectivity index (χ2n) is 5.99. The fourth-order valence-electron chi connectivity index (χ4n) is 2.10. The third-order valence-corrected chi connectivity index (χ3v) is 3.81. The molecule has 0 aliphatic carbocycles. The number of rotatable bonds is 7. The molecule has 0 spiro atoms. The standard InChI is InChI=1S/C17H21ClN6O3/c1-4-7-19-16(26)12-6-5-11(18)8-13(12)20-17(27)14-9-24(22-21-14)10-15(25)23(2)3/h5-6,8-9H,4,7,10H2,1-3H3,(H,19,26)(H,20,27). The highest BCUT2D eigenvalue weighted by Crippen LogP contribution is 2.21. The van der Waals surface area contributed by atoms with Crippen molar-refractivity contribution in [3.63, 3.8) is 0 Å². The monoisotopic (exact) mass is 392 g/mol. The van der Waals surface area contributed by atoms with Crippen LogP contribution in [0.1, 0.15) is 34.2 Å². The lowest BCUT2D eigenvalue weighted by atomic mass is 10.1. The van der Waals surface area contributed by atoms with Crippen molar-refractivity contribution in [2.45, 2.75) is 19.9 Å². The highest BCUT2D eigenvalue weighted by Gasteiger charge is 2.17. The van der Waals surface area contributed by atoms with Gasteiger partial charge in [-0.1, -0.05) is 23.7 Å². The molecule has 3 amide bonds. The van der Waals surface area contributed by atoms with Gasteiger partial charge in [-0.15, -0.1) is 5.10 Å². The van der Waals surface area contributed by atoms with Crippen LogP contribution in [0.3, 0.4) is 0 Å². The van der Waals surface area contributed by atoms with Gasteiger partial charge in [0.1, 0.15) is 6.54 Å². The van der Waals surface area contributed by atoms with Gasteiger partial charge in [0.15, 0.2) is 5.69 Å². The van der Waals surface area contributed by atoms with E-state index in [2.05, 4.69) is 20.9 Å². The average molecular weight is 393 g/mol. The molecule has 0 saturated carbocycles. The van der Waals surface area contributed by atoms with E-state index in [1.54, 1.807) is 20.2 Å². The summed E-state index contributed by atoms with van der Waals surface area (Å²) in [5, 5.41) is 13.3. The van der Waals surface area contributed by atoms with Gasteiger partial charge in [0.05, 0.1) is 17.4 Å². The van der Waals surface area contributed by atoms with Crippen molar-refractivity contribution >= 4 is 35.0 Å². The third-order valence-electron chi connectivity index (χ3n) is 3.58. The Hall–Kier alpha value is -2.94. The van der Waals surface area contributed by atoms with Crippen LogP contribution < -0.4 is 10.6 Å². The first-order valence-electron chi connectivity index (χ1n) is 8.31.